The van der Waals surface area contributed by atoms with Crippen molar-refractivity contribution in [3.8, 4) is 0 Å². The normalized spacial score (nSPS) is 17.5. The topological polar surface area (TPSA) is 112 Å². The lowest BCUT2D eigenvalue weighted by molar-refractivity contribution is 0.371. The molecule has 0 unspecified atom stereocenters. The van der Waals surface area contributed by atoms with Crippen LogP contribution in [0.3, 0.4) is 0 Å². The Morgan fingerprint density at radius 2 is 1.77 bits per heavy atom. The maximum atomic E-state index is 5.67. The van der Waals surface area contributed by atoms with Gasteiger partial charge in [-0.2, -0.15) is 4.98 Å². The van der Waals surface area contributed by atoms with Crippen molar-refractivity contribution in [2.75, 3.05) is 43.4 Å². The molecule has 0 atom stereocenters. The molecule has 1 aliphatic carbocycles. The van der Waals surface area contributed by atoms with Crippen molar-refractivity contribution in [1.82, 2.24) is 30.9 Å². The van der Waals surface area contributed by atoms with E-state index >= 15 is 0 Å². The Kier molecular flexibility index (Phi) is 10.6. The van der Waals surface area contributed by atoms with Gasteiger partial charge in [0.25, 0.3) is 0 Å². The Morgan fingerprint density at radius 3 is 2.63 bits per heavy atom. The molecule has 0 aromatic carbocycles. The summed E-state index contributed by atoms with van der Waals surface area (Å²) in [5.74, 6) is 2.29. The van der Waals surface area contributed by atoms with Crippen LogP contribution in [0.4, 0.5) is 11.8 Å². The van der Waals surface area contributed by atoms with Gasteiger partial charge in [-0.05, 0) is 78.2 Å². The van der Waals surface area contributed by atoms with Crippen LogP contribution in [0.2, 0.25) is 0 Å². The number of piperidine rings is 1. The molecule has 2 aliphatic rings. The first-order valence-electron chi connectivity index (χ1n) is 13.7. The second-order valence-electron chi connectivity index (χ2n) is 9.97. The molecule has 0 bridgehead atoms. The second-order valence-corrected chi connectivity index (χ2v) is 9.97. The quantitative estimate of drug-likeness (QED) is 0.258. The number of nitrogens with one attached hydrogen (secondary N) is 5. The molecule has 2 aromatic rings. The van der Waals surface area contributed by atoms with Crippen LogP contribution in [0.1, 0.15) is 75.1 Å². The first-order chi connectivity index (χ1) is 17.2. The lowest BCUT2D eigenvalue weighted by atomic mass is 9.95. The van der Waals surface area contributed by atoms with Gasteiger partial charge in [-0.3, -0.25) is 0 Å². The molecule has 5 N–H and O–H groups in total. The van der Waals surface area contributed by atoms with Crippen LogP contribution in [0.15, 0.2) is 16.7 Å². The number of hydrogen-bond acceptors (Lipinski definition) is 9. The minimum Gasteiger partial charge on any atom is -0.449 e. The van der Waals surface area contributed by atoms with Gasteiger partial charge in [0.2, 0.25) is 5.95 Å². The van der Waals surface area contributed by atoms with Gasteiger partial charge in [0.15, 0.2) is 5.89 Å². The van der Waals surface area contributed by atoms with Crippen molar-refractivity contribution in [1.29, 1.82) is 0 Å². The zero-order valence-corrected chi connectivity index (χ0v) is 21.4. The fraction of sp³-hybridized carbons (Fsp3) is 0.731. The summed E-state index contributed by atoms with van der Waals surface area (Å²) in [6.45, 7) is 7.81. The molecule has 1 saturated heterocycles. The molecule has 9 nitrogen and oxygen atoms in total. The van der Waals surface area contributed by atoms with E-state index in [1.165, 1.54) is 38.5 Å². The molecule has 1 saturated carbocycles. The molecule has 0 amide bonds. The van der Waals surface area contributed by atoms with E-state index in [1.807, 2.05) is 13.0 Å². The van der Waals surface area contributed by atoms with E-state index in [9.17, 15) is 0 Å². The van der Waals surface area contributed by atoms with Gasteiger partial charge in [-0.1, -0.05) is 19.3 Å². The summed E-state index contributed by atoms with van der Waals surface area (Å²) in [5, 5.41) is 17.5. The standard InChI is InChI=1S/C26H44N8O/c1-20-17-24(32-22-10-15-28-16-11-22)34-26(31-20)30-18-23-19-35-25(33-23)9-5-12-27-13-6-14-29-21-7-3-2-4-8-21/h17,19,21-22,27-29H,2-16,18H2,1H3,(H2,30,31,32,34). The summed E-state index contributed by atoms with van der Waals surface area (Å²) in [6.07, 6.45) is 13.9. The van der Waals surface area contributed by atoms with Crippen LogP contribution in [0.5, 0.6) is 0 Å². The zero-order chi connectivity index (χ0) is 24.1. The zero-order valence-electron chi connectivity index (χ0n) is 21.4. The molecule has 9 heteroatoms. The molecule has 35 heavy (non-hydrogen) atoms. The summed E-state index contributed by atoms with van der Waals surface area (Å²) < 4.78 is 5.67. The first kappa shape index (κ1) is 25.9. The van der Waals surface area contributed by atoms with Crippen molar-refractivity contribution < 1.29 is 4.42 Å². The number of rotatable bonds is 14. The van der Waals surface area contributed by atoms with Crippen LogP contribution in [-0.2, 0) is 13.0 Å². The van der Waals surface area contributed by atoms with Crippen LogP contribution < -0.4 is 26.6 Å². The van der Waals surface area contributed by atoms with Gasteiger partial charge in [0, 0.05) is 30.3 Å². The smallest absolute Gasteiger partial charge is 0.225 e. The van der Waals surface area contributed by atoms with Crippen LogP contribution in [0, 0.1) is 6.92 Å². The highest BCUT2D eigenvalue weighted by Crippen LogP contribution is 2.17. The van der Waals surface area contributed by atoms with E-state index in [1.54, 1.807) is 6.26 Å². The fourth-order valence-electron chi connectivity index (χ4n) is 4.93. The lowest BCUT2D eigenvalue weighted by Crippen LogP contribution is -2.35. The molecule has 0 radical (unpaired) electrons. The van der Waals surface area contributed by atoms with Gasteiger partial charge < -0.3 is 31.0 Å². The van der Waals surface area contributed by atoms with E-state index < -0.39 is 0 Å². The SMILES string of the molecule is Cc1cc(NC2CCNCC2)nc(NCc2coc(CCCNCCCNC3CCCCC3)n2)n1. The van der Waals surface area contributed by atoms with Crippen LogP contribution in [0.25, 0.3) is 0 Å². The molecule has 2 fully saturated rings. The monoisotopic (exact) mass is 484 g/mol. The molecule has 3 heterocycles. The summed E-state index contributed by atoms with van der Waals surface area (Å²) in [7, 11) is 0. The maximum Gasteiger partial charge on any atom is 0.225 e. The summed E-state index contributed by atoms with van der Waals surface area (Å²) >= 11 is 0. The van der Waals surface area contributed by atoms with E-state index in [2.05, 4.69) is 41.5 Å². The highest BCUT2D eigenvalue weighted by Gasteiger charge is 2.14. The fourth-order valence-corrected chi connectivity index (χ4v) is 4.93. The average Bonchev–Trinajstić information content (AvgIpc) is 3.33. The first-order valence-corrected chi connectivity index (χ1v) is 13.7. The molecule has 0 spiro atoms. The average molecular weight is 485 g/mol. The van der Waals surface area contributed by atoms with Gasteiger partial charge in [0.05, 0.1) is 12.2 Å². The van der Waals surface area contributed by atoms with Crippen molar-refractivity contribution in [3.63, 3.8) is 0 Å². The van der Waals surface area contributed by atoms with Crippen molar-refractivity contribution >= 4 is 11.8 Å². The number of oxazole rings is 1. The Bertz CT molecular complexity index is 861. The second kappa shape index (κ2) is 14.4. The highest BCUT2D eigenvalue weighted by atomic mass is 16.3. The molecule has 2 aromatic heterocycles. The van der Waals surface area contributed by atoms with Crippen molar-refractivity contribution in [3.05, 3.63) is 29.6 Å². The predicted molar refractivity (Wildman–Crippen MR) is 141 cm³/mol. The minimum absolute atomic E-state index is 0.462. The van der Waals surface area contributed by atoms with E-state index in [4.69, 9.17) is 4.42 Å². The largest absolute Gasteiger partial charge is 0.449 e. The predicted octanol–water partition coefficient (Wildman–Crippen LogP) is 3.38. The third kappa shape index (κ3) is 9.39. The number of nitrogens with zero attached hydrogens (tertiary/aromatic N) is 3. The van der Waals surface area contributed by atoms with Gasteiger partial charge in [-0.25, -0.2) is 9.97 Å². The van der Waals surface area contributed by atoms with Crippen molar-refractivity contribution in [2.24, 2.45) is 0 Å². The Balaban J connectivity index is 1.09. The Labute approximate surface area is 210 Å². The number of hydrogen-bond donors (Lipinski definition) is 5. The third-order valence-corrected chi connectivity index (χ3v) is 6.89. The lowest BCUT2D eigenvalue weighted by Gasteiger charge is -2.24. The van der Waals surface area contributed by atoms with Crippen molar-refractivity contribution in [2.45, 2.75) is 89.8 Å². The number of aryl methyl sites for hydroxylation is 2. The Morgan fingerprint density at radius 1 is 0.943 bits per heavy atom. The van der Waals surface area contributed by atoms with E-state index in [0.29, 0.717) is 18.5 Å². The van der Waals surface area contributed by atoms with E-state index in [-0.39, 0.29) is 0 Å². The summed E-state index contributed by atoms with van der Waals surface area (Å²) in [5.41, 5.74) is 1.82. The number of aromatic nitrogens is 3. The third-order valence-electron chi connectivity index (χ3n) is 6.89. The molecular weight excluding hydrogens is 440 g/mol. The van der Waals surface area contributed by atoms with Gasteiger partial charge >= 0.3 is 0 Å². The van der Waals surface area contributed by atoms with Crippen LogP contribution in [-0.4, -0.2) is 59.8 Å². The van der Waals surface area contributed by atoms with Gasteiger partial charge in [-0.15, -0.1) is 0 Å². The molecular formula is C26H44N8O. The summed E-state index contributed by atoms with van der Waals surface area (Å²) in [4.78, 5) is 13.8. The van der Waals surface area contributed by atoms with E-state index in [0.717, 1.165) is 87.5 Å². The molecule has 4 rings (SSSR count). The number of anilines is 2. The highest BCUT2D eigenvalue weighted by molar-refractivity contribution is 5.43. The van der Waals surface area contributed by atoms with Crippen LogP contribution >= 0.6 is 0 Å². The Hall–Kier alpha value is -2.23. The maximum absolute atomic E-state index is 5.67. The molecule has 1 aliphatic heterocycles. The minimum atomic E-state index is 0.462. The molecule has 194 valence electrons. The van der Waals surface area contributed by atoms with Gasteiger partial charge in [0.1, 0.15) is 12.1 Å². The summed E-state index contributed by atoms with van der Waals surface area (Å²) in [6, 6.07) is 3.22.